The predicted octanol–water partition coefficient (Wildman–Crippen LogP) is 3.75. The van der Waals surface area contributed by atoms with Gasteiger partial charge in [-0.15, -0.1) is 0 Å². The van der Waals surface area contributed by atoms with E-state index in [9.17, 15) is 18.7 Å². The van der Waals surface area contributed by atoms with Gasteiger partial charge in [0.05, 0.1) is 38.2 Å². The van der Waals surface area contributed by atoms with Gasteiger partial charge in [-0.05, 0) is 25.8 Å². The zero-order valence-electron chi connectivity index (χ0n) is 19.1. The molecule has 4 rings (SSSR count). The third kappa shape index (κ3) is 4.41. The molecule has 1 amide bonds. The summed E-state index contributed by atoms with van der Waals surface area (Å²) in [6, 6.07) is 1.51. The third-order valence-corrected chi connectivity index (χ3v) is 5.74. The van der Waals surface area contributed by atoms with Crippen molar-refractivity contribution in [3.05, 3.63) is 34.3 Å². The Morgan fingerprint density at radius 1 is 1.28 bits per heavy atom. The van der Waals surface area contributed by atoms with Crippen molar-refractivity contribution in [3.63, 3.8) is 0 Å². The summed E-state index contributed by atoms with van der Waals surface area (Å²) in [6.45, 7) is 7.28. The van der Waals surface area contributed by atoms with E-state index in [4.69, 9.17) is 9.84 Å². The lowest BCUT2D eigenvalue weighted by Gasteiger charge is -2.32. The molecule has 0 saturated heterocycles. The molecule has 8 nitrogen and oxygen atoms in total. The van der Waals surface area contributed by atoms with Gasteiger partial charge >= 0.3 is 6.09 Å². The molecule has 1 N–H and O–H groups in total. The van der Waals surface area contributed by atoms with Crippen LogP contribution in [0.2, 0.25) is 0 Å². The number of nitrogens with zero attached hydrogens (tertiary/aromatic N) is 5. The van der Waals surface area contributed by atoms with Crippen LogP contribution in [0.3, 0.4) is 0 Å². The van der Waals surface area contributed by atoms with Crippen LogP contribution in [-0.4, -0.2) is 57.7 Å². The first-order chi connectivity index (χ1) is 15.4. The number of ether oxygens (including phenoxy) is 1. The number of fused-ring (bicyclic) bond motifs is 2. The molecule has 0 aliphatic carbocycles. The van der Waals surface area contributed by atoms with Gasteiger partial charge in [0.1, 0.15) is 0 Å². The van der Waals surface area contributed by atoms with Crippen molar-refractivity contribution in [2.45, 2.75) is 59.5 Å². The quantitative estimate of drug-likeness (QED) is 0.762. The Labute approximate surface area is 186 Å². The highest BCUT2D eigenvalue weighted by Crippen LogP contribution is 2.39. The van der Waals surface area contributed by atoms with E-state index in [0.717, 1.165) is 23.4 Å². The highest BCUT2D eigenvalue weighted by molar-refractivity contribution is 5.71. The number of aryl methyl sites for hydroxylation is 2. The highest BCUT2D eigenvalue weighted by Gasteiger charge is 2.33. The van der Waals surface area contributed by atoms with E-state index in [1.54, 1.807) is 16.5 Å². The van der Waals surface area contributed by atoms with Gasteiger partial charge < -0.3 is 19.6 Å². The molecule has 2 aromatic rings. The number of hydrogen-bond acceptors (Lipinski definition) is 6. The van der Waals surface area contributed by atoms with Crippen molar-refractivity contribution in [1.29, 1.82) is 0 Å². The second-order valence-corrected chi connectivity index (χ2v) is 7.52. The summed E-state index contributed by atoms with van der Waals surface area (Å²) in [5.41, 5.74) is 3.46. The first-order valence-corrected chi connectivity index (χ1v) is 11.0. The molecule has 2 aliphatic rings. The number of carbonyl (C=O) groups excluding carboxylic acids is 1. The molecule has 0 radical (unpaired) electrons. The van der Waals surface area contributed by atoms with Crippen LogP contribution in [0.25, 0.3) is 0 Å². The second kappa shape index (κ2) is 10.2. The van der Waals surface area contributed by atoms with E-state index in [1.165, 1.54) is 13.2 Å². The number of alkyl halides is 2. The van der Waals surface area contributed by atoms with Gasteiger partial charge in [0.25, 0.3) is 6.43 Å². The molecule has 2 aromatic heterocycles. The Morgan fingerprint density at radius 3 is 2.69 bits per heavy atom. The molecule has 0 unspecified atom stereocenters. The zero-order chi connectivity index (χ0) is 23.4. The highest BCUT2D eigenvalue weighted by atomic mass is 19.3. The van der Waals surface area contributed by atoms with E-state index >= 15 is 0 Å². The SMILES string of the molecule is CC.COC(=O)N1CCc2c(c(N3CCCc4nc(C)c(C(F)F)cc43)nn2CCO)C1. The van der Waals surface area contributed by atoms with E-state index in [1.807, 2.05) is 18.7 Å². The Balaban J connectivity index is 0.00000141. The van der Waals surface area contributed by atoms with Crippen molar-refractivity contribution >= 4 is 17.6 Å². The first-order valence-electron chi connectivity index (χ1n) is 11.0. The number of carbonyl (C=O) groups is 1. The maximum absolute atomic E-state index is 13.5. The fourth-order valence-corrected chi connectivity index (χ4v) is 4.30. The number of rotatable bonds is 4. The van der Waals surface area contributed by atoms with Crippen LogP contribution in [0.1, 0.15) is 54.9 Å². The third-order valence-electron chi connectivity index (χ3n) is 5.74. The molecule has 176 valence electrons. The predicted molar refractivity (Wildman–Crippen MR) is 116 cm³/mol. The monoisotopic (exact) mass is 451 g/mol. The van der Waals surface area contributed by atoms with Gasteiger partial charge in [-0.3, -0.25) is 9.67 Å². The van der Waals surface area contributed by atoms with Crippen LogP contribution in [-0.2, 0) is 30.7 Å². The van der Waals surface area contributed by atoms with Gasteiger partial charge in [0.2, 0.25) is 0 Å². The minimum atomic E-state index is -2.61. The Bertz CT molecular complexity index is 964. The van der Waals surface area contributed by atoms with Crippen LogP contribution in [0.4, 0.5) is 25.1 Å². The molecule has 0 fully saturated rings. The standard InChI is InChI=1S/C20H25F2N5O3.C2H6/c1-12-13(18(21)22)10-17-15(23-12)4-3-6-26(17)19-14-11-25(20(29)30-2)7-5-16(14)27(24-19)8-9-28;1-2/h10,18,28H,3-9,11H2,1-2H3;1-2H3. The van der Waals surface area contributed by atoms with Crippen molar-refractivity contribution in [2.75, 3.05) is 31.7 Å². The second-order valence-electron chi connectivity index (χ2n) is 7.52. The molecule has 2 aliphatic heterocycles. The average molecular weight is 452 g/mol. The number of aliphatic hydroxyl groups is 1. The molecule has 0 spiro atoms. The summed E-state index contributed by atoms with van der Waals surface area (Å²) in [5, 5.41) is 14.2. The maximum atomic E-state index is 13.5. The molecule has 4 heterocycles. The maximum Gasteiger partial charge on any atom is 0.409 e. The molecule has 32 heavy (non-hydrogen) atoms. The van der Waals surface area contributed by atoms with Crippen LogP contribution in [0, 0.1) is 6.92 Å². The summed E-state index contributed by atoms with van der Waals surface area (Å²) >= 11 is 0. The van der Waals surface area contributed by atoms with E-state index in [2.05, 4.69) is 4.98 Å². The van der Waals surface area contributed by atoms with Crippen LogP contribution < -0.4 is 4.90 Å². The lowest BCUT2D eigenvalue weighted by molar-refractivity contribution is 0.118. The summed E-state index contributed by atoms with van der Waals surface area (Å²) in [6.07, 6.45) is -0.924. The van der Waals surface area contributed by atoms with E-state index < -0.39 is 12.5 Å². The number of hydrogen-bond donors (Lipinski definition) is 1. The number of anilines is 2. The smallest absolute Gasteiger partial charge is 0.409 e. The van der Waals surface area contributed by atoms with E-state index in [-0.39, 0.29) is 12.2 Å². The summed E-state index contributed by atoms with van der Waals surface area (Å²) in [5.74, 6) is 0.624. The van der Waals surface area contributed by atoms with Gasteiger partial charge in [0.15, 0.2) is 5.82 Å². The molecule has 0 atom stereocenters. The van der Waals surface area contributed by atoms with Gasteiger partial charge in [-0.2, -0.15) is 5.10 Å². The Kier molecular flexibility index (Phi) is 7.65. The lowest BCUT2D eigenvalue weighted by atomic mass is 10.0. The number of aliphatic hydroxyl groups excluding tert-OH is 1. The molecular weight excluding hydrogens is 420 g/mol. The van der Waals surface area contributed by atoms with Crippen molar-refractivity contribution < 1.29 is 23.4 Å². The van der Waals surface area contributed by atoms with Crippen molar-refractivity contribution in [3.8, 4) is 0 Å². The summed E-state index contributed by atoms with van der Waals surface area (Å²) < 4.78 is 33.7. The molecular formula is C22H31F2N5O3. The zero-order valence-corrected chi connectivity index (χ0v) is 19.1. The van der Waals surface area contributed by atoms with Gasteiger partial charge in [-0.1, -0.05) is 13.8 Å². The molecule has 10 heteroatoms. The number of halogens is 2. The number of methoxy groups -OCH3 is 1. The molecule has 0 saturated carbocycles. The first kappa shape index (κ1) is 23.9. The molecule has 0 bridgehead atoms. The van der Waals surface area contributed by atoms with E-state index in [0.29, 0.717) is 56.2 Å². The minimum absolute atomic E-state index is 0.0683. The normalized spacial score (nSPS) is 15.1. The van der Waals surface area contributed by atoms with Gasteiger partial charge in [-0.25, -0.2) is 13.6 Å². The topological polar surface area (TPSA) is 83.7 Å². The minimum Gasteiger partial charge on any atom is -0.453 e. The number of pyridine rings is 1. The average Bonchev–Trinajstić information content (AvgIpc) is 3.16. The van der Waals surface area contributed by atoms with Crippen LogP contribution in [0.15, 0.2) is 6.07 Å². The van der Waals surface area contributed by atoms with Crippen molar-refractivity contribution in [2.24, 2.45) is 0 Å². The fraction of sp³-hybridized carbons (Fsp3) is 0.591. The molecule has 0 aromatic carbocycles. The van der Waals surface area contributed by atoms with Crippen LogP contribution in [0.5, 0.6) is 0 Å². The summed E-state index contributed by atoms with van der Waals surface area (Å²) in [4.78, 5) is 20.0. The summed E-state index contributed by atoms with van der Waals surface area (Å²) in [7, 11) is 1.34. The Morgan fingerprint density at radius 2 is 2.03 bits per heavy atom. The van der Waals surface area contributed by atoms with Crippen LogP contribution >= 0.6 is 0 Å². The fourth-order valence-electron chi connectivity index (χ4n) is 4.30. The lowest BCUT2D eigenvalue weighted by Crippen LogP contribution is -2.37. The number of amides is 1. The largest absolute Gasteiger partial charge is 0.453 e. The Hall–Kier alpha value is -2.75. The number of aromatic nitrogens is 3. The van der Waals surface area contributed by atoms with Crippen molar-refractivity contribution in [1.82, 2.24) is 19.7 Å². The van der Waals surface area contributed by atoms with Gasteiger partial charge in [0, 0.05) is 42.0 Å².